The molecule has 0 unspecified atom stereocenters. The average Bonchev–Trinajstić information content (AvgIpc) is 3.56. The SMILES string of the molecule is CN(C)C(=O)CN1CCC(n2cc([C@@H](Nc3cc(Cl)c4ncc(C#N)c(Nc5ccc(F)c(Cl)c5)c4c3)c3ccc(F)cc3)nn2)CC1. The number of aromatic nitrogens is 4. The second kappa shape index (κ2) is 14.1. The Morgan fingerprint density at radius 3 is 2.48 bits per heavy atom. The average molecular weight is 691 g/mol. The fourth-order valence-electron chi connectivity index (χ4n) is 5.71. The Labute approximate surface area is 285 Å². The predicted octanol–water partition coefficient (Wildman–Crippen LogP) is 6.95. The van der Waals surface area contributed by atoms with Gasteiger partial charge in [0.1, 0.15) is 23.4 Å². The summed E-state index contributed by atoms with van der Waals surface area (Å²) in [6.07, 6.45) is 4.91. The van der Waals surface area contributed by atoms with Crippen molar-refractivity contribution < 1.29 is 13.6 Å². The van der Waals surface area contributed by atoms with Gasteiger partial charge in [-0.1, -0.05) is 40.5 Å². The molecule has 0 aliphatic carbocycles. The molecule has 3 aromatic carbocycles. The first-order valence-corrected chi connectivity index (χ1v) is 16.0. The molecule has 5 aromatic rings. The lowest BCUT2D eigenvalue weighted by Gasteiger charge is -2.31. The van der Waals surface area contributed by atoms with E-state index in [1.807, 2.05) is 10.9 Å². The van der Waals surface area contributed by atoms with Gasteiger partial charge in [-0.25, -0.2) is 13.5 Å². The molecule has 14 heteroatoms. The molecule has 1 aliphatic heterocycles. The van der Waals surface area contributed by atoms with Crippen molar-refractivity contribution in [3.05, 3.63) is 105 Å². The molecule has 10 nitrogen and oxygen atoms in total. The number of piperidine rings is 1. The zero-order valence-electron chi connectivity index (χ0n) is 26.1. The minimum absolute atomic E-state index is 0.0703. The third kappa shape index (κ3) is 7.18. The molecule has 1 fully saturated rings. The Hall–Kier alpha value is -4.83. The normalized spacial score (nSPS) is 14.4. The molecule has 2 N–H and O–H groups in total. The van der Waals surface area contributed by atoms with Gasteiger partial charge in [0.15, 0.2) is 0 Å². The van der Waals surface area contributed by atoms with Crippen molar-refractivity contribution in [1.82, 2.24) is 29.8 Å². The first kappa shape index (κ1) is 33.1. The summed E-state index contributed by atoms with van der Waals surface area (Å²) in [5, 5.41) is 26.3. The van der Waals surface area contributed by atoms with E-state index in [-0.39, 0.29) is 28.4 Å². The number of anilines is 3. The number of likely N-dealkylation sites (N-methyl/N-ethyl adjacent to an activating group) is 1. The maximum absolute atomic E-state index is 14.0. The van der Waals surface area contributed by atoms with E-state index < -0.39 is 11.9 Å². The van der Waals surface area contributed by atoms with Crippen LogP contribution >= 0.6 is 23.2 Å². The van der Waals surface area contributed by atoms with Crippen LogP contribution in [0.25, 0.3) is 10.9 Å². The van der Waals surface area contributed by atoms with E-state index >= 15 is 0 Å². The molecule has 48 heavy (non-hydrogen) atoms. The summed E-state index contributed by atoms with van der Waals surface area (Å²) in [6, 6.07) is 15.5. The van der Waals surface area contributed by atoms with Crippen LogP contribution in [0.4, 0.5) is 25.8 Å². The van der Waals surface area contributed by atoms with Crippen molar-refractivity contribution in [2.45, 2.75) is 24.9 Å². The van der Waals surface area contributed by atoms with Crippen molar-refractivity contribution in [3.63, 3.8) is 0 Å². The molecule has 2 aromatic heterocycles. The van der Waals surface area contributed by atoms with Gasteiger partial charge in [-0.3, -0.25) is 14.7 Å². The second-order valence-corrected chi connectivity index (χ2v) is 12.6. The van der Waals surface area contributed by atoms with E-state index in [0.717, 1.165) is 31.5 Å². The fraction of sp³-hybridized carbons (Fsp3) is 0.265. The predicted molar refractivity (Wildman–Crippen MR) is 181 cm³/mol. The number of likely N-dealkylation sites (tertiary alicyclic amines) is 1. The van der Waals surface area contributed by atoms with Crippen molar-refractivity contribution in [2.75, 3.05) is 44.4 Å². The first-order valence-electron chi connectivity index (χ1n) is 15.2. The summed E-state index contributed by atoms with van der Waals surface area (Å²) >= 11 is 12.8. The number of nitrogens with zero attached hydrogens (tertiary/aromatic N) is 7. The van der Waals surface area contributed by atoms with Crippen LogP contribution in [0, 0.1) is 23.0 Å². The Morgan fingerprint density at radius 2 is 1.79 bits per heavy atom. The molecule has 1 amide bonds. The zero-order valence-corrected chi connectivity index (χ0v) is 27.6. The molecule has 0 bridgehead atoms. The zero-order chi connectivity index (χ0) is 33.9. The number of hydrogen-bond acceptors (Lipinski definition) is 8. The van der Waals surface area contributed by atoms with Gasteiger partial charge in [-0.15, -0.1) is 5.10 Å². The smallest absolute Gasteiger partial charge is 0.236 e. The minimum Gasteiger partial charge on any atom is -0.373 e. The van der Waals surface area contributed by atoms with E-state index in [4.69, 9.17) is 23.2 Å². The number of halogens is 4. The van der Waals surface area contributed by atoms with E-state index in [0.29, 0.717) is 45.2 Å². The van der Waals surface area contributed by atoms with Crippen molar-refractivity contribution >= 4 is 57.1 Å². The van der Waals surface area contributed by atoms with Crippen LogP contribution < -0.4 is 10.6 Å². The lowest BCUT2D eigenvalue weighted by Crippen LogP contribution is -2.41. The molecule has 6 rings (SSSR count). The summed E-state index contributed by atoms with van der Waals surface area (Å²) < 4.78 is 29.7. The van der Waals surface area contributed by atoms with Crippen LogP contribution in [0.15, 0.2) is 67.0 Å². The molecule has 246 valence electrons. The number of carbonyl (C=O) groups excluding carboxylic acids is 1. The number of rotatable bonds is 9. The first-order chi connectivity index (χ1) is 23.1. The van der Waals surface area contributed by atoms with Gasteiger partial charge in [-0.05, 0) is 60.9 Å². The molecule has 1 saturated heterocycles. The second-order valence-electron chi connectivity index (χ2n) is 11.8. The van der Waals surface area contributed by atoms with Crippen molar-refractivity contribution in [3.8, 4) is 6.07 Å². The summed E-state index contributed by atoms with van der Waals surface area (Å²) in [6.45, 7) is 1.90. The number of amides is 1. The van der Waals surface area contributed by atoms with Gasteiger partial charge in [-0.2, -0.15) is 5.26 Å². The monoisotopic (exact) mass is 689 g/mol. The Balaban J connectivity index is 1.32. The van der Waals surface area contributed by atoms with Crippen LogP contribution in [-0.2, 0) is 4.79 Å². The van der Waals surface area contributed by atoms with Crippen molar-refractivity contribution in [1.29, 1.82) is 5.26 Å². The van der Waals surface area contributed by atoms with E-state index in [2.05, 4.69) is 36.9 Å². The quantitative estimate of drug-likeness (QED) is 0.171. The number of benzene rings is 3. The topological polar surface area (TPSA) is 115 Å². The standard InChI is InChI=1S/C34H31Cl2F2N9O/c1-45(2)31(48)19-46-11-9-25(10-12-46)47-18-30(43-44-47)33(20-3-5-22(37)6-4-20)42-24-13-26-32(41-23-7-8-29(38)27(35)14-23)21(16-39)17-40-34(26)28(36)15-24/h3-8,13-15,17-18,25,33,42H,9-12,19H2,1-2H3,(H,40,41)/t33-/m0/s1. The van der Waals surface area contributed by atoms with Crippen LogP contribution in [0.3, 0.4) is 0 Å². The van der Waals surface area contributed by atoms with Gasteiger partial charge in [0.25, 0.3) is 0 Å². The highest BCUT2D eigenvalue weighted by Gasteiger charge is 2.26. The summed E-state index contributed by atoms with van der Waals surface area (Å²) in [4.78, 5) is 20.3. The van der Waals surface area contributed by atoms with E-state index in [1.54, 1.807) is 43.3 Å². The number of nitriles is 1. The Kier molecular flexibility index (Phi) is 9.73. The maximum atomic E-state index is 14.0. The number of pyridine rings is 1. The molecule has 1 atom stereocenters. The van der Waals surface area contributed by atoms with Crippen LogP contribution in [0.1, 0.15) is 41.7 Å². The molecule has 1 aliphatic rings. The van der Waals surface area contributed by atoms with Gasteiger partial charge in [0.05, 0.1) is 51.6 Å². The largest absolute Gasteiger partial charge is 0.373 e. The number of carbonyl (C=O) groups is 1. The lowest BCUT2D eigenvalue weighted by molar-refractivity contribution is -0.130. The van der Waals surface area contributed by atoms with Gasteiger partial charge >= 0.3 is 0 Å². The van der Waals surface area contributed by atoms with Crippen molar-refractivity contribution in [2.24, 2.45) is 0 Å². The van der Waals surface area contributed by atoms with Crippen LogP contribution in [0.5, 0.6) is 0 Å². The highest BCUT2D eigenvalue weighted by atomic mass is 35.5. The molecule has 0 spiro atoms. The minimum atomic E-state index is -0.567. The number of nitrogens with one attached hydrogen (secondary N) is 2. The highest BCUT2D eigenvalue weighted by molar-refractivity contribution is 6.36. The van der Waals surface area contributed by atoms with Gasteiger partial charge in [0.2, 0.25) is 5.91 Å². The number of fused-ring (bicyclic) bond motifs is 1. The summed E-state index contributed by atoms with van der Waals surface area (Å²) in [5.74, 6) is -0.871. The van der Waals surface area contributed by atoms with Crippen LogP contribution in [-0.4, -0.2) is 69.4 Å². The molecular weight excluding hydrogens is 659 g/mol. The highest BCUT2D eigenvalue weighted by Crippen LogP contribution is 2.37. The van der Waals surface area contributed by atoms with Gasteiger partial charge in [0, 0.05) is 50.1 Å². The molecule has 3 heterocycles. The Bertz CT molecular complexity index is 2010. The van der Waals surface area contributed by atoms with Crippen LogP contribution in [0.2, 0.25) is 10.0 Å². The van der Waals surface area contributed by atoms with Gasteiger partial charge < -0.3 is 15.5 Å². The van der Waals surface area contributed by atoms with E-state index in [1.165, 1.54) is 36.5 Å². The third-order valence-corrected chi connectivity index (χ3v) is 8.94. The maximum Gasteiger partial charge on any atom is 0.236 e. The lowest BCUT2D eigenvalue weighted by atomic mass is 10.0. The fourth-order valence-corrected chi connectivity index (χ4v) is 6.16. The molecular formula is C34H31Cl2F2N9O. The third-order valence-electron chi connectivity index (χ3n) is 8.36. The summed E-state index contributed by atoms with van der Waals surface area (Å²) in [5.41, 5.74) is 3.49. The van der Waals surface area contributed by atoms with E-state index in [9.17, 15) is 18.8 Å². The summed E-state index contributed by atoms with van der Waals surface area (Å²) in [7, 11) is 3.51. The number of hydrogen-bond donors (Lipinski definition) is 2. The molecule has 0 radical (unpaired) electrons. The molecule has 0 saturated carbocycles. The Morgan fingerprint density at radius 1 is 1.06 bits per heavy atom.